The number of H-pyrrole nitrogens is 1. The summed E-state index contributed by atoms with van der Waals surface area (Å²) in [5, 5.41) is 11.9. The average Bonchev–Trinajstić information content (AvgIpc) is 3.05. The van der Waals surface area contributed by atoms with Crippen molar-refractivity contribution in [3.8, 4) is 11.8 Å². The van der Waals surface area contributed by atoms with Crippen LogP contribution in [0.3, 0.4) is 0 Å². The van der Waals surface area contributed by atoms with Gasteiger partial charge in [0.2, 0.25) is 0 Å². The molecule has 1 aromatic heterocycles. The van der Waals surface area contributed by atoms with E-state index in [0.717, 1.165) is 5.56 Å². The molecule has 0 unspecified atom stereocenters. The number of nitrogens with one attached hydrogen (secondary N) is 2. The van der Waals surface area contributed by atoms with Gasteiger partial charge in [-0.25, -0.2) is 4.98 Å². The highest BCUT2D eigenvalue weighted by molar-refractivity contribution is 6.01. The molecule has 6 nitrogen and oxygen atoms in total. The lowest BCUT2D eigenvalue weighted by Crippen LogP contribution is -2.27. The Morgan fingerprint density at radius 3 is 3.00 bits per heavy atom. The maximum atomic E-state index is 12.2. The van der Waals surface area contributed by atoms with Gasteiger partial charge in [0.25, 0.3) is 5.91 Å². The molecule has 2 aromatic rings. The summed E-state index contributed by atoms with van der Waals surface area (Å²) in [6, 6.07) is 9.03. The second-order valence-corrected chi connectivity index (χ2v) is 4.62. The van der Waals surface area contributed by atoms with E-state index >= 15 is 0 Å². The van der Waals surface area contributed by atoms with E-state index in [4.69, 9.17) is 10.00 Å². The number of rotatable bonds is 5. The van der Waals surface area contributed by atoms with Crippen molar-refractivity contribution in [2.75, 3.05) is 7.11 Å². The Kier molecular flexibility index (Phi) is 4.94. The third kappa shape index (κ3) is 3.73. The smallest absolute Gasteiger partial charge is 0.262 e. The van der Waals surface area contributed by atoms with E-state index in [9.17, 15) is 4.79 Å². The van der Waals surface area contributed by atoms with E-state index in [2.05, 4.69) is 15.3 Å². The third-order valence-electron chi connectivity index (χ3n) is 3.11. The summed E-state index contributed by atoms with van der Waals surface area (Å²) in [6.45, 7) is 1.84. The molecule has 0 bridgehead atoms. The number of benzene rings is 1. The Balaban J connectivity index is 2.11. The van der Waals surface area contributed by atoms with Gasteiger partial charge in [0.1, 0.15) is 23.2 Å². The van der Waals surface area contributed by atoms with Crippen molar-refractivity contribution >= 4 is 12.0 Å². The summed E-state index contributed by atoms with van der Waals surface area (Å²) in [4.78, 5) is 19.0. The first kappa shape index (κ1) is 15.3. The Bertz CT molecular complexity index is 714. The SMILES string of the molecule is COc1cccc([C@H](C)NC(=O)/C(C#N)=C/c2ncc[nH]2)c1. The van der Waals surface area contributed by atoms with Gasteiger partial charge in [0.15, 0.2) is 0 Å². The topological polar surface area (TPSA) is 90.8 Å². The molecule has 0 aliphatic carbocycles. The van der Waals surface area contributed by atoms with Crippen LogP contribution >= 0.6 is 0 Å². The van der Waals surface area contributed by atoms with E-state index < -0.39 is 5.91 Å². The molecular weight excluding hydrogens is 280 g/mol. The summed E-state index contributed by atoms with van der Waals surface area (Å²) in [5.41, 5.74) is 0.882. The van der Waals surface area contributed by atoms with E-state index in [1.807, 2.05) is 37.3 Å². The van der Waals surface area contributed by atoms with Gasteiger partial charge < -0.3 is 15.0 Å². The first-order chi connectivity index (χ1) is 10.6. The number of hydrogen-bond donors (Lipinski definition) is 2. The van der Waals surface area contributed by atoms with Crippen LogP contribution < -0.4 is 10.1 Å². The minimum Gasteiger partial charge on any atom is -0.497 e. The number of hydrogen-bond acceptors (Lipinski definition) is 4. The number of aromatic amines is 1. The maximum Gasteiger partial charge on any atom is 0.262 e. The molecule has 2 N–H and O–H groups in total. The first-order valence-electron chi connectivity index (χ1n) is 6.70. The monoisotopic (exact) mass is 296 g/mol. The number of ether oxygens (including phenoxy) is 1. The molecule has 0 radical (unpaired) electrons. The second kappa shape index (κ2) is 7.09. The molecule has 1 aromatic carbocycles. The number of carbonyl (C=O) groups excluding carboxylic acids is 1. The minimum atomic E-state index is -0.450. The quantitative estimate of drug-likeness (QED) is 0.653. The molecule has 1 heterocycles. The first-order valence-corrected chi connectivity index (χ1v) is 6.70. The number of methoxy groups -OCH3 is 1. The fourth-order valence-electron chi connectivity index (χ4n) is 1.91. The number of aromatic nitrogens is 2. The fourth-order valence-corrected chi connectivity index (χ4v) is 1.91. The molecule has 1 amide bonds. The van der Waals surface area contributed by atoms with Gasteiger partial charge in [0, 0.05) is 18.5 Å². The molecule has 0 saturated heterocycles. The molecule has 0 spiro atoms. The molecule has 0 saturated carbocycles. The van der Waals surface area contributed by atoms with Crippen molar-refractivity contribution in [2.45, 2.75) is 13.0 Å². The van der Waals surface area contributed by atoms with Crippen LogP contribution in [0.1, 0.15) is 24.4 Å². The normalized spacial score (nSPS) is 12.3. The van der Waals surface area contributed by atoms with Gasteiger partial charge in [-0.1, -0.05) is 12.1 Å². The largest absolute Gasteiger partial charge is 0.497 e. The van der Waals surface area contributed by atoms with Crippen LogP contribution in [0.25, 0.3) is 6.08 Å². The predicted octanol–water partition coefficient (Wildman–Crippen LogP) is 2.20. The summed E-state index contributed by atoms with van der Waals surface area (Å²) in [6.07, 6.45) is 4.59. The molecule has 1 atom stereocenters. The number of imidazole rings is 1. The van der Waals surface area contributed by atoms with E-state index in [1.54, 1.807) is 19.5 Å². The Labute approximate surface area is 128 Å². The van der Waals surface area contributed by atoms with Crippen LogP contribution in [0.15, 0.2) is 42.2 Å². The zero-order valence-electron chi connectivity index (χ0n) is 12.3. The van der Waals surface area contributed by atoms with E-state index in [1.165, 1.54) is 6.08 Å². The van der Waals surface area contributed by atoms with Crippen LogP contribution in [0.4, 0.5) is 0 Å². The molecule has 22 heavy (non-hydrogen) atoms. The highest BCUT2D eigenvalue weighted by Crippen LogP contribution is 2.19. The summed E-state index contributed by atoms with van der Waals surface area (Å²) < 4.78 is 5.16. The van der Waals surface area contributed by atoms with Crippen molar-refractivity contribution < 1.29 is 9.53 Å². The lowest BCUT2D eigenvalue weighted by atomic mass is 10.1. The van der Waals surface area contributed by atoms with E-state index in [0.29, 0.717) is 11.6 Å². The number of carbonyl (C=O) groups is 1. The summed E-state index contributed by atoms with van der Waals surface area (Å²) in [5.74, 6) is 0.722. The lowest BCUT2D eigenvalue weighted by molar-refractivity contribution is -0.117. The minimum absolute atomic E-state index is 0.00954. The predicted molar refractivity (Wildman–Crippen MR) is 81.7 cm³/mol. The van der Waals surface area contributed by atoms with E-state index in [-0.39, 0.29) is 11.6 Å². The average molecular weight is 296 g/mol. The Morgan fingerprint density at radius 1 is 1.55 bits per heavy atom. The van der Waals surface area contributed by atoms with Crippen LogP contribution in [0.5, 0.6) is 5.75 Å². The van der Waals surface area contributed by atoms with Crippen molar-refractivity contribution in [1.29, 1.82) is 5.26 Å². The van der Waals surface area contributed by atoms with Crippen LogP contribution in [0, 0.1) is 11.3 Å². The second-order valence-electron chi connectivity index (χ2n) is 4.62. The lowest BCUT2D eigenvalue weighted by Gasteiger charge is -2.14. The molecule has 2 rings (SSSR count). The fraction of sp³-hybridized carbons (Fsp3) is 0.188. The third-order valence-corrected chi connectivity index (χ3v) is 3.11. The maximum absolute atomic E-state index is 12.2. The van der Waals surface area contributed by atoms with Crippen LogP contribution in [-0.2, 0) is 4.79 Å². The van der Waals surface area contributed by atoms with Gasteiger partial charge in [-0.15, -0.1) is 0 Å². The van der Waals surface area contributed by atoms with Gasteiger partial charge in [-0.3, -0.25) is 4.79 Å². The molecule has 0 aliphatic rings. The van der Waals surface area contributed by atoms with Crippen molar-refractivity contribution in [3.63, 3.8) is 0 Å². The molecule has 0 aliphatic heterocycles. The van der Waals surface area contributed by atoms with Gasteiger partial charge >= 0.3 is 0 Å². The number of amides is 1. The summed E-state index contributed by atoms with van der Waals surface area (Å²) in [7, 11) is 1.59. The molecule has 6 heteroatoms. The van der Waals surface area contributed by atoms with Gasteiger partial charge in [-0.2, -0.15) is 5.26 Å². The highest BCUT2D eigenvalue weighted by atomic mass is 16.5. The molecular formula is C16H16N4O2. The van der Waals surface area contributed by atoms with Gasteiger partial charge in [-0.05, 0) is 24.6 Å². The van der Waals surface area contributed by atoms with Crippen LogP contribution in [-0.4, -0.2) is 23.0 Å². The zero-order chi connectivity index (χ0) is 15.9. The molecule has 0 fully saturated rings. The summed E-state index contributed by atoms with van der Waals surface area (Å²) >= 11 is 0. The highest BCUT2D eigenvalue weighted by Gasteiger charge is 2.14. The van der Waals surface area contributed by atoms with Crippen molar-refractivity contribution in [3.05, 3.63) is 53.6 Å². The Hall–Kier alpha value is -3.07. The number of nitriles is 1. The standard InChI is InChI=1S/C16H16N4O2/c1-11(12-4-3-5-14(8-12)22-2)20-16(21)13(10-17)9-15-18-6-7-19-15/h3-9,11H,1-2H3,(H,18,19)(H,20,21)/b13-9+/t11-/m0/s1. The van der Waals surface area contributed by atoms with Crippen LogP contribution in [0.2, 0.25) is 0 Å². The zero-order valence-corrected chi connectivity index (χ0v) is 12.3. The van der Waals surface area contributed by atoms with Gasteiger partial charge in [0.05, 0.1) is 13.2 Å². The Morgan fingerprint density at radius 2 is 2.36 bits per heavy atom. The molecule has 112 valence electrons. The van der Waals surface area contributed by atoms with Crippen molar-refractivity contribution in [1.82, 2.24) is 15.3 Å². The van der Waals surface area contributed by atoms with Crippen molar-refractivity contribution in [2.24, 2.45) is 0 Å². The number of nitrogens with zero attached hydrogens (tertiary/aromatic N) is 2.